The van der Waals surface area contributed by atoms with Crippen molar-refractivity contribution in [3.63, 3.8) is 0 Å². The zero-order valence-corrected chi connectivity index (χ0v) is 16.1. The van der Waals surface area contributed by atoms with Crippen LogP contribution in [0.2, 0.25) is 0 Å². The lowest BCUT2D eigenvalue weighted by molar-refractivity contribution is -0.160. The average Bonchev–Trinajstić information content (AvgIpc) is 3.09. The molecule has 2 aromatic rings. The predicted octanol–water partition coefficient (Wildman–Crippen LogP) is 3.81. The zero-order valence-electron chi connectivity index (χ0n) is 15.3. The van der Waals surface area contributed by atoms with Crippen molar-refractivity contribution in [2.45, 2.75) is 31.4 Å². The van der Waals surface area contributed by atoms with E-state index in [1.807, 2.05) is 30.3 Å². The Morgan fingerprint density at radius 2 is 1.67 bits per heavy atom. The molecule has 0 amide bonds. The first kappa shape index (κ1) is 18.3. The van der Waals surface area contributed by atoms with Crippen molar-refractivity contribution in [1.82, 2.24) is 4.90 Å². The third kappa shape index (κ3) is 3.32. The lowest BCUT2D eigenvalue weighted by atomic mass is 9.86. The summed E-state index contributed by atoms with van der Waals surface area (Å²) < 4.78 is 6.07. The van der Waals surface area contributed by atoms with Crippen LogP contribution in [0.5, 0.6) is 0 Å². The Kier molecular flexibility index (Phi) is 5.11. The summed E-state index contributed by atoms with van der Waals surface area (Å²) in [4.78, 5) is 17.7. The molecule has 142 valence electrons. The highest BCUT2D eigenvalue weighted by molar-refractivity contribution is 5.88. The van der Waals surface area contributed by atoms with E-state index >= 15 is 0 Å². The van der Waals surface area contributed by atoms with Gasteiger partial charge in [-0.05, 0) is 55.6 Å². The fourth-order valence-electron chi connectivity index (χ4n) is 4.75. The minimum atomic E-state index is -0.273. The minimum Gasteiger partial charge on any atom is -0.459 e. The van der Waals surface area contributed by atoms with Crippen LogP contribution in [0.3, 0.4) is 0 Å². The summed E-state index contributed by atoms with van der Waals surface area (Å²) in [5.74, 6) is 0.460. The molecule has 2 atom stereocenters. The van der Waals surface area contributed by atoms with E-state index in [4.69, 9.17) is 4.74 Å². The molecular weight excluding hydrogens is 360 g/mol. The maximum absolute atomic E-state index is 13.2. The van der Waals surface area contributed by atoms with Crippen molar-refractivity contribution in [3.8, 4) is 0 Å². The summed E-state index contributed by atoms with van der Waals surface area (Å²) in [6, 6.07) is 18.2. The highest BCUT2D eigenvalue weighted by Gasteiger charge is 2.41. The number of nitrogens with zero attached hydrogens (tertiary/aromatic N) is 2. The first-order valence-corrected chi connectivity index (χ1v) is 9.64. The van der Waals surface area contributed by atoms with Crippen molar-refractivity contribution in [2.24, 2.45) is 5.92 Å². The second-order valence-corrected chi connectivity index (χ2v) is 7.67. The number of ether oxygens (including phenoxy) is 1. The normalized spacial score (nSPS) is 28.4. The van der Waals surface area contributed by atoms with Gasteiger partial charge < -0.3 is 9.64 Å². The molecule has 0 aromatic heterocycles. The summed E-state index contributed by atoms with van der Waals surface area (Å²) in [6.07, 6.45) is 3.09. The van der Waals surface area contributed by atoms with Gasteiger partial charge in [0.1, 0.15) is 12.1 Å². The van der Waals surface area contributed by atoms with Gasteiger partial charge in [-0.25, -0.2) is 4.79 Å². The third-order valence-electron chi connectivity index (χ3n) is 6.15. The maximum atomic E-state index is 13.2. The molecule has 3 fully saturated rings. The van der Waals surface area contributed by atoms with Crippen LogP contribution in [0.25, 0.3) is 0 Å². The zero-order chi connectivity index (χ0) is 17.5. The maximum Gasteiger partial charge on any atom is 0.329 e. The van der Waals surface area contributed by atoms with Gasteiger partial charge in [0.25, 0.3) is 0 Å². The molecule has 4 heterocycles. The van der Waals surface area contributed by atoms with Crippen LogP contribution in [0, 0.1) is 5.92 Å². The van der Waals surface area contributed by atoms with Crippen LogP contribution >= 0.6 is 12.4 Å². The van der Waals surface area contributed by atoms with E-state index in [1.165, 1.54) is 5.56 Å². The largest absolute Gasteiger partial charge is 0.459 e. The van der Waals surface area contributed by atoms with Gasteiger partial charge in [0.15, 0.2) is 0 Å². The van der Waals surface area contributed by atoms with Crippen LogP contribution in [0.4, 0.5) is 11.4 Å². The summed E-state index contributed by atoms with van der Waals surface area (Å²) in [5, 5.41) is 0. The molecule has 3 saturated heterocycles. The molecule has 0 N–H and O–H groups in total. The molecule has 2 unspecified atom stereocenters. The van der Waals surface area contributed by atoms with Crippen LogP contribution in [0.15, 0.2) is 54.6 Å². The molecule has 6 rings (SSSR count). The Morgan fingerprint density at radius 3 is 2.37 bits per heavy atom. The minimum absolute atomic E-state index is 0. The SMILES string of the molecule is Cl.O=C(OC1CN2CCC1CC2)C1Cc2ccccc2N1c1ccccc1. The first-order valence-electron chi connectivity index (χ1n) is 9.64. The van der Waals surface area contributed by atoms with Gasteiger partial charge in [-0.1, -0.05) is 36.4 Å². The molecule has 4 aliphatic heterocycles. The van der Waals surface area contributed by atoms with Crippen molar-refractivity contribution >= 4 is 29.8 Å². The van der Waals surface area contributed by atoms with Crippen molar-refractivity contribution < 1.29 is 9.53 Å². The Bertz CT molecular complexity index is 805. The number of esters is 1. The number of carbonyl (C=O) groups is 1. The van der Waals surface area contributed by atoms with E-state index in [0.717, 1.165) is 43.9 Å². The van der Waals surface area contributed by atoms with Gasteiger partial charge in [0.2, 0.25) is 0 Å². The Morgan fingerprint density at radius 1 is 0.963 bits per heavy atom. The highest BCUT2D eigenvalue weighted by Crippen LogP contribution is 2.39. The Labute approximate surface area is 166 Å². The topological polar surface area (TPSA) is 32.8 Å². The second kappa shape index (κ2) is 7.53. The quantitative estimate of drug-likeness (QED) is 0.753. The number of hydrogen-bond acceptors (Lipinski definition) is 4. The number of halogens is 1. The number of benzene rings is 2. The number of carbonyl (C=O) groups excluding carboxylic acids is 1. The molecule has 0 aliphatic carbocycles. The molecule has 27 heavy (non-hydrogen) atoms. The summed E-state index contributed by atoms with van der Waals surface area (Å²) in [7, 11) is 0. The molecule has 4 nitrogen and oxygen atoms in total. The fraction of sp³-hybridized carbons (Fsp3) is 0.409. The van der Waals surface area contributed by atoms with Crippen LogP contribution in [0.1, 0.15) is 18.4 Å². The molecule has 4 aliphatic rings. The fourth-order valence-corrected chi connectivity index (χ4v) is 4.75. The monoisotopic (exact) mass is 384 g/mol. The van der Waals surface area contributed by atoms with Crippen molar-refractivity contribution in [2.75, 3.05) is 24.5 Å². The number of para-hydroxylation sites is 2. The van der Waals surface area contributed by atoms with Crippen LogP contribution < -0.4 is 4.90 Å². The Balaban J connectivity index is 0.00000180. The van der Waals surface area contributed by atoms with E-state index in [9.17, 15) is 4.79 Å². The molecule has 2 bridgehead atoms. The lowest BCUT2D eigenvalue weighted by Gasteiger charge is -2.44. The van der Waals surface area contributed by atoms with E-state index in [2.05, 4.69) is 34.1 Å². The smallest absolute Gasteiger partial charge is 0.329 e. The van der Waals surface area contributed by atoms with E-state index in [-0.39, 0.29) is 30.5 Å². The Hall–Kier alpha value is -2.04. The first-order chi connectivity index (χ1) is 12.8. The summed E-state index contributed by atoms with van der Waals surface area (Å²) in [6.45, 7) is 3.22. The number of anilines is 2. The number of fused-ring (bicyclic) bond motifs is 4. The average molecular weight is 385 g/mol. The summed E-state index contributed by atoms with van der Waals surface area (Å²) >= 11 is 0. The van der Waals surface area contributed by atoms with Crippen molar-refractivity contribution in [1.29, 1.82) is 0 Å². The molecule has 0 spiro atoms. The van der Waals surface area contributed by atoms with E-state index in [1.54, 1.807) is 0 Å². The van der Waals surface area contributed by atoms with Gasteiger partial charge in [0, 0.05) is 24.3 Å². The van der Waals surface area contributed by atoms with Crippen LogP contribution in [-0.4, -0.2) is 42.6 Å². The molecule has 2 aromatic carbocycles. The van der Waals surface area contributed by atoms with E-state index < -0.39 is 0 Å². The highest BCUT2D eigenvalue weighted by atomic mass is 35.5. The molecular formula is C22H25ClN2O2. The van der Waals surface area contributed by atoms with Crippen molar-refractivity contribution in [3.05, 3.63) is 60.2 Å². The summed E-state index contributed by atoms with van der Waals surface area (Å²) in [5.41, 5.74) is 3.38. The van der Waals surface area contributed by atoms with Gasteiger partial charge in [-0.3, -0.25) is 4.90 Å². The number of piperidine rings is 3. The number of hydrogen-bond donors (Lipinski definition) is 0. The lowest BCUT2D eigenvalue weighted by Crippen LogP contribution is -2.53. The van der Waals surface area contributed by atoms with Gasteiger partial charge in [-0.15, -0.1) is 12.4 Å². The van der Waals surface area contributed by atoms with Gasteiger partial charge >= 0.3 is 5.97 Å². The molecule has 0 saturated carbocycles. The van der Waals surface area contributed by atoms with Gasteiger partial charge in [-0.2, -0.15) is 0 Å². The molecule has 0 radical (unpaired) electrons. The van der Waals surface area contributed by atoms with E-state index in [0.29, 0.717) is 12.3 Å². The third-order valence-corrected chi connectivity index (χ3v) is 6.15. The second-order valence-electron chi connectivity index (χ2n) is 7.67. The van der Waals surface area contributed by atoms with Crippen LogP contribution in [-0.2, 0) is 16.0 Å². The standard InChI is InChI=1S/C22H24N2O2.ClH/c25-22(26-21-15-23-12-10-16(21)11-13-23)20-14-17-6-4-5-9-19(17)24(20)18-7-2-1-3-8-18;/h1-9,16,20-21H,10-15H2;1H. The molecule has 5 heteroatoms. The predicted molar refractivity (Wildman–Crippen MR) is 109 cm³/mol. The van der Waals surface area contributed by atoms with Gasteiger partial charge in [0.05, 0.1) is 0 Å². The number of rotatable bonds is 3.